The Morgan fingerprint density at radius 1 is 1.10 bits per heavy atom. The first kappa shape index (κ1) is 25.1. The van der Waals surface area contributed by atoms with E-state index in [1.54, 1.807) is 14.2 Å². The number of nitrogens with zero attached hydrogens (tertiary/aromatic N) is 2. The average Bonchev–Trinajstić information content (AvgIpc) is 3.23. The number of hydrogen-bond donors (Lipinski definition) is 1. The normalized spacial score (nSPS) is 15.9. The lowest BCUT2D eigenvalue weighted by Gasteiger charge is -2.22. The smallest absolute Gasteiger partial charge is 0.203 e. The van der Waals surface area contributed by atoms with E-state index < -0.39 is 0 Å². The van der Waals surface area contributed by atoms with E-state index in [9.17, 15) is 0 Å². The van der Waals surface area contributed by atoms with Gasteiger partial charge in [-0.15, -0.1) is 24.0 Å². The molecule has 0 saturated carbocycles. The van der Waals surface area contributed by atoms with Gasteiger partial charge in [0, 0.05) is 26.7 Å². The molecule has 6 nitrogen and oxygen atoms in total. The van der Waals surface area contributed by atoms with Crippen LogP contribution in [0, 0.1) is 5.92 Å². The molecule has 0 radical (unpaired) electrons. The van der Waals surface area contributed by atoms with Crippen molar-refractivity contribution < 1.29 is 14.2 Å². The highest BCUT2D eigenvalue weighted by atomic mass is 127. The van der Waals surface area contributed by atoms with Gasteiger partial charge in [-0.3, -0.25) is 4.99 Å². The summed E-state index contributed by atoms with van der Waals surface area (Å²) in [7, 11) is 5.13. The third kappa shape index (κ3) is 6.66. The Hall–Kier alpha value is -2.16. The standard InChI is InChI=1S/C24H33N3O3.HI/c1-5-30-23-21(28-3)14-20(15-22(23)29-4)16-26-24(25-2)27-12-11-19(17-27)13-18-9-7-6-8-10-18;/h6-10,14-15,19H,5,11-13,16-17H2,1-4H3,(H,25,26);1H. The Bertz CT molecular complexity index is 820. The maximum absolute atomic E-state index is 5.69. The number of guanidine groups is 1. The van der Waals surface area contributed by atoms with Gasteiger partial charge in [0.2, 0.25) is 5.75 Å². The van der Waals surface area contributed by atoms with Crippen LogP contribution in [-0.2, 0) is 13.0 Å². The predicted molar refractivity (Wildman–Crippen MR) is 136 cm³/mol. The fourth-order valence-corrected chi connectivity index (χ4v) is 3.98. The number of ether oxygens (including phenoxy) is 3. The Morgan fingerprint density at radius 3 is 2.35 bits per heavy atom. The zero-order valence-electron chi connectivity index (χ0n) is 18.9. The third-order valence-corrected chi connectivity index (χ3v) is 5.42. The maximum atomic E-state index is 5.69. The molecule has 1 aliphatic rings. The maximum Gasteiger partial charge on any atom is 0.203 e. The molecule has 170 valence electrons. The van der Waals surface area contributed by atoms with Gasteiger partial charge in [0.25, 0.3) is 0 Å². The molecule has 1 saturated heterocycles. The summed E-state index contributed by atoms with van der Waals surface area (Å²) in [5.74, 6) is 3.56. The van der Waals surface area contributed by atoms with Crippen LogP contribution in [0.1, 0.15) is 24.5 Å². The minimum Gasteiger partial charge on any atom is -0.493 e. The molecule has 1 unspecified atom stereocenters. The molecule has 0 aromatic heterocycles. The first-order valence-corrected chi connectivity index (χ1v) is 10.6. The quantitative estimate of drug-likeness (QED) is 0.307. The summed E-state index contributed by atoms with van der Waals surface area (Å²) in [6.45, 7) is 5.17. The summed E-state index contributed by atoms with van der Waals surface area (Å²) in [5, 5.41) is 3.49. The average molecular weight is 539 g/mol. The molecule has 31 heavy (non-hydrogen) atoms. The number of rotatable bonds is 8. The second-order valence-corrected chi connectivity index (χ2v) is 7.45. The van der Waals surface area contributed by atoms with Gasteiger partial charge in [0.15, 0.2) is 17.5 Å². The van der Waals surface area contributed by atoms with Crippen LogP contribution in [0.15, 0.2) is 47.5 Å². The van der Waals surface area contributed by atoms with Crippen LogP contribution >= 0.6 is 24.0 Å². The summed E-state index contributed by atoms with van der Waals surface area (Å²) < 4.78 is 16.7. The molecular weight excluding hydrogens is 505 g/mol. The number of aliphatic imine (C=N–C) groups is 1. The molecule has 1 fully saturated rings. The number of methoxy groups -OCH3 is 2. The largest absolute Gasteiger partial charge is 0.493 e. The number of likely N-dealkylation sites (tertiary alicyclic amines) is 1. The van der Waals surface area contributed by atoms with E-state index in [4.69, 9.17) is 14.2 Å². The molecule has 3 rings (SSSR count). The van der Waals surface area contributed by atoms with E-state index in [-0.39, 0.29) is 24.0 Å². The van der Waals surface area contributed by atoms with E-state index in [1.807, 2.05) is 26.1 Å². The molecule has 2 aromatic rings. The van der Waals surface area contributed by atoms with E-state index in [0.717, 1.165) is 31.0 Å². The van der Waals surface area contributed by atoms with Crippen molar-refractivity contribution in [3.8, 4) is 17.2 Å². The number of halogens is 1. The van der Waals surface area contributed by atoms with Gasteiger partial charge in [-0.1, -0.05) is 30.3 Å². The Labute approximate surface area is 203 Å². The van der Waals surface area contributed by atoms with Gasteiger partial charge in [0.05, 0.1) is 20.8 Å². The topological polar surface area (TPSA) is 55.3 Å². The molecule has 1 aliphatic heterocycles. The van der Waals surface area contributed by atoms with Crippen molar-refractivity contribution in [1.82, 2.24) is 10.2 Å². The van der Waals surface area contributed by atoms with E-state index in [1.165, 1.54) is 12.0 Å². The van der Waals surface area contributed by atoms with Gasteiger partial charge >= 0.3 is 0 Å². The van der Waals surface area contributed by atoms with Gasteiger partial charge < -0.3 is 24.4 Å². The molecular formula is C24H34IN3O3. The van der Waals surface area contributed by atoms with E-state index in [2.05, 4.69) is 45.5 Å². The van der Waals surface area contributed by atoms with Crippen molar-refractivity contribution in [1.29, 1.82) is 0 Å². The first-order chi connectivity index (χ1) is 14.7. The molecule has 0 bridgehead atoms. The lowest BCUT2D eigenvalue weighted by molar-refractivity contribution is 0.288. The van der Waals surface area contributed by atoms with Crippen LogP contribution in [0.3, 0.4) is 0 Å². The molecule has 0 amide bonds. The van der Waals surface area contributed by atoms with Crippen molar-refractivity contribution in [3.05, 3.63) is 53.6 Å². The second kappa shape index (κ2) is 12.6. The Morgan fingerprint density at radius 2 is 1.77 bits per heavy atom. The zero-order chi connectivity index (χ0) is 21.3. The molecule has 1 heterocycles. The van der Waals surface area contributed by atoms with Gasteiger partial charge in [-0.05, 0) is 48.9 Å². The molecule has 0 spiro atoms. The fraction of sp³-hybridized carbons (Fsp3) is 0.458. The minimum atomic E-state index is 0. The van der Waals surface area contributed by atoms with Crippen LogP contribution in [0.4, 0.5) is 0 Å². The fourth-order valence-electron chi connectivity index (χ4n) is 3.98. The Kier molecular flexibility index (Phi) is 10.2. The van der Waals surface area contributed by atoms with Crippen LogP contribution in [0.25, 0.3) is 0 Å². The second-order valence-electron chi connectivity index (χ2n) is 7.45. The van der Waals surface area contributed by atoms with Crippen molar-refractivity contribution in [2.45, 2.75) is 26.3 Å². The monoisotopic (exact) mass is 539 g/mol. The lowest BCUT2D eigenvalue weighted by Crippen LogP contribution is -2.39. The van der Waals surface area contributed by atoms with Gasteiger partial charge in [0.1, 0.15) is 0 Å². The van der Waals surface area contributed by atoms with Gasteiger partial charge in [-0.2, -0.15) is 0 Å². The van der Waals surface area contributed by atoms with Crippen molar-refractivity contribution in [3.63, 3.8) is 0 Å². The third-order valence-electron chi connectivity index (χ3n) is 5.42. The number of benzene rings is 2. The summed E-state index contributed by atoms with van der Waals surface area (Å²) in [4.78, 5) is 6.85. The summed E-state index contributed by atoms with van der Waals surface area (Å²) in [6.07, 6.45) is 2.29. The highest BCUT2D eigenvalue weighted by molar-refractivity contribution is 14.0. The van der Waals surface area contributed by atoms with Crippen LogP contribution in [0.5, 0.6) is 17.2 Å². The molecule has 0 aliphatic carbocycles. The highest BCUT2D eigenvalue weighted by Crippen LogP contribution is 2.38. The van der Waals surface area contributed by atoms with Crippen LogP contribution in [-0.4, -0.2) is 51.8 Å². The molecule has 2 aromatic carbocycles. The molecule has 7 heteroatoms. The summed E-state index contributed by atoms with van der Waals surface area (Å²) >= 11 is 0. The van der Waals surface area contributed by atoms with Crippen molar-refractivity contribution in [2.24, 2.45) is 10.9 Å². The Balaban J connectivity index is 0.00000341. The van der Waals surface area contributed by atoms with E-state index in [0.29, 0.717) is 36.3 Å². The van der Waals surface area contributed by atoms with Crippen LogP contribution in [0.2, 0.25) is 0 Å². The molecule has 1 atom stereocenters. The number of nitrogens with one attached hydrogen (secondary N) is 1. The SMILES string of the molecule is CCOc1c(OC)cc(CNC(=NC)N2CCC(Cc3ccccc3)C2)cc1OC.I. The zero-order valence-corrected chi connectivity index (χ0v) is 21.2. The first-order valence-electron chi connectivity index (χ1n) is 10.6. The van der Waals surface area contributed by atoms with Gasteiger partial charge in [-0.25, -0.2) is 0 Å². The molecule has 1 N–H and O–H groups in total. The summed E-state index contributed by atoms with van der Waals surface area (Å²) in [6, 6.07) is 14.7. The van der Waals surface area contributed by atoms with Crippen LogP contribution < -0.4 is 19.5 Å². The van der Waals surface area contributed by atoms with Crippen molar-refractivity contribution >= 4 is 29.9 Å². The lowest BCUT2D eigenvalue weighted by atomic mass is 9.99. The number of hydrogen-bond acceptors (Lipinski definition) is 4. The van der Waals surface area contributed by atoms with Crippen molar-refractivity contribution in [2.75, 3.05) is 41.0 Å². The predicted octanol–water partition coefficient (Wildman–Crippen LogP) is 4.36. The summed E-state index contributed by atoms with van der Waals surface area (Å²) in [5.41, 5.74) is 2.45. The minimum absolute atomic E-state index is 0. The van der Waals surface area contributed by atoms with E-state index >= 15 is 0 Å². The highest BCUT2D eigenvalue weighted by Gasteiger charge is 2.25.